The largest absolute Gasteiger partial charge is 0.493 e. The van der Waals surface area contributed by atoms with Crippen LogP contribution in [0.5, 0.6) is 5.75 Å². The molecule has 0 atom stereocenters. The summed E-state index contributed by atoms with van der Waals surface area (Å²) >= 11 is 0. The Balaban J connectivity index is 0.00000576. The second kappa shape index (κ2) is 15.0. The summed E-state index contributed by atoms with van der Waals surface area (Å²) < 4.78 is 11.0. The molecule has 0 saturated heterocycles. The molecule has 0 aliphatic heterocycles. The molecule has 142 valence electrons. The van der Waals surface area contributed by atoms with Crippen molar-refractivity contribution in [2.24, 2.45) is 4.99 Å². The van der Waals surface area contributed by atoms with Crippen molar-refractivity contribution in [2.45, 2.75) is 33.2 Å². The number of rotatable bonds is 10. The van der Waals surface area contributed by atoms with Crippen molar-refractivity contribution in [1.29, 1.82) is 0 Å². The molecule has 0 heterocycles. The summed E-state index contributed by atoms with van der Waals surface area (Å²) in [6.45, 7) is 6.99. The first-order chi connectivity index (χ1) is 11.7. The first-order valence-electron chi connectivity index (χ1n) is 8.48. The van der Waals surface area contributed by atoms with Gasteiger partial charge in [0.2, 0.25) is 0 Å². The molecule has 0 aliphatic carbocycles. The van der Waals surface area contributed by atoms with Gasteiger partial charge >= 0.3 is 0 Å². The molecule has 6 heteroatoms. The zero-order valence-electron chi connectivity index (χ0n) is 15.8. The smallest absolute Gasteiger partial charge is 0.191 e. The third-order valence-electron chi connectivity index (χ3n) is 3.48. The van der Waals surface area contributed by atoms with Crippen LogP contribution in [0.3, 0.4) is 0 Å². The molecule has 1 rings (SSSR count). The summed E-state index contributed by atoms with van der Waals surface area (Å²) in [6, 6.07) is 6.27. The Bertz CT molecular complexity index is 533. The fraction of sp³-hybridized carbons (Fsp3) is 0.526. The van der Waals surface area contributed by atoms with E-state index in [9.17, 15) is 0 Å². The normalized spacial score (nSPS) is 11.3. The van der Waals surface area contributed by atoms with Crippen molar-refractivity contribution >= 4 is 29.9 Å². The third kappa shape index (κ3) is 10.3. The van der Waals surface area contributed by atoms with Crippen molar-refractivity contribution < 1.29 is 9.47 Å². The van der Waals surface area contributed by atoms with Crippen molar-refractivity contribution in [3.05, 3.63) is 41.5 Å². The van der Waals surface area contributed by atoms with E-state index in [4.69, 9.17) is 9.47 Å². The van der Waals surface area contributed by atoms with E-state index in [1.165, 1.54) is 5.56 Å². The summed E-state index contributed by atoms with van der Waals surface area (Å²) in [6.07, 6.45) is 6.05. The molecular weight excluding hydrogens is 429 g/mol. The number of nitrogens with one attached hydrogen (secondary N) is 2. The lowest BCUT2D eigenvalue weighted by Gasteiger charge is -2.15. The van der Waals surface area contributed by atoms with Crippen LogP contribution in [0.2, 0.25) is 0 Å². The Morgan fingerprint density at radius 1 is 1.24 bits per heavy atom. The van der Waals surface area contributed by atoms with Gasteiger partial charge in [-0.15, -0.1) is 24.0 Å². The Hall–Kier alpha value is -1.28. The molecule has 5 nitrogen and oxygen atoms in total. The molecule has 2 N–H and O–H groups in total. The van der Waals surface area contributed by atoms with Gasteiger partial charge in [0.05, 0.1) is 6.61 Å². The quantitative estimate of drug-likeness (QED) is 0.184. The van der Waals surface area contributed by atoms with E-state index in [-0.39, 0.29) is 24.0 Å². The maximum atomic E-state index is 5.91. The summed E-state index contributed by atoms with van der Waals surface area (Å²) in [4.78, 5) is 4.25. The van der Waals surface area contributed by atoms with Gasteiger partial charge in [-0.2, -0.15) is 0 Å². The van der Waals surface area contributed by atoms with Crippen LogP contribution in [0, 0.1) is 6.92 Å². The molecule has 0 aliphatic rings. The maximum Gasteiger partial charge on any atom is 0.191 e. The minimum absolute atomic E-state index is 0. The van der Waals surface area contributed by atoms with Crippen LogP contribution in [-0.4, -0.2) is 39.9 Å². The van der Waals surface area contributed by atoms with Crippen LogP contribution in [0.15, 0.2) is 35.3 Å². The highest BCUT2D eigenvalue weighted by atomic mass is 127. The standard InChI is InChI=1S/C19H31N3O2.HI/c1-5-6-7-11-21-19(20-3)22-15-17-10-9-16(2)14-18(17)24-13-8-12-23-4;/h5-6,9-10,14H,7-8,11-13,15H2,1-4H3,(H2,20,21,22);1H/b6-5+;. The Morgan fingerprint density at radius 3 is 2.72 bits per heavy atom. The molecule has 0 spiro atoms. The number of guanidine groups is 1. The van der Waals surface area contributed by atoms with Gasteiger partial charge < -0.3 is 20.1 Å². The fourth-order valence-electron chi connectivity index (χ4n) is 2.17. The lowest BCUT2D eigenvalue weighted by molar-refractivity contribution is 0.172. The number of hydrogen-bond donors (Lipinski definition) is 2. The fourth-order valence-corrected chi connectivity index (χ4v) is 2.17. The monoisotopic (exact) mass is 461 g/mol. The molecule has 0 bridgehead atoms. The van der Waals surface area contributed by atoms with Gasteiger partial charge in [0.15, 0.2) is 5.96 Å². The van der Waals surface area contributed by atoms with Crippen LogP contribution in [0.25, 0.3) is 0 Å². The summed E-state index contributed by atoms with van der Waals surface area (Å²) in [5, 5.41) is 6.63. The molecular formula is C19H32IN3O2. The highest BCUT2D eigenvalue weighted by Crippen LogP contribution is 2.20. The number of hydrogen-bond acceptors (Lipinski definition) is 3. The van der Waals surface area contributed by atoms with E-state index in [2.05, 4.69) is 52.9 Å². The number of aliphatic imine (C=N–C) groups is 1. The van der Waals surface area contributed by atoms with Gasteiger partial charge in [0, 0.05) is 45.8 Å². The summed E-state index contributed by atoms with van der Waals surface area (Å²) in [5.41, 5.74) is 2.31. The molecule has 0 fully saturated rings. The number of nitrogens with zero attached hydrogens (tertiary/aromatic N) is 1. The molecule has 0 unspecified atom stereocenters. The van der Waals surface area contributed by atoms with Gasteiger partial charge in [0.25, 0.3) is 0 Å². The SMILES string of the molecule is C/C=C/CCNC(=NC)NCc1ccc(C)cc1OCCCOC.I. The highest BCUT2D eigenvalue weighted by molar-refractivity contribution is 14.0. The van der Waals surface area contributed by atoms with Crippen LogP contribution in [0.1, 0.15) is 30.9 Å². The maximum absolute atomic E-state index is 5.91. The number of methoxy groups -OCH3 is 1. The minimum atomic E-state index is 0. The molecule has 1 aromatic rings. The van der Waals surface area contributed by atoms with Crippen molar-refractivity contribution in [3.63, 3.8) is 0 Å². The number of allylic oxidation sites excluding steroid dienone is 1. The van der Waals surface area contributed by atoms with E-state index >= 15 is 0 Å². The predicted octanol–water partition coefficient (Wildman–Crippen LogP) is 3.66. The van der Waals surface area contributed by atoms with E-state index in [1.54, 1.807) is 14.2 Å². The zero-order chi connectivity index (χ0) is 17.6. The van der Waals surface area contributed by atoms with Gasteiger partial charge in [-0.05, 0) is 31.9 Å². The lowest BCUT2D eigenvalue weighted by atomic mass is 10.1. The number of aryl methyl sites for hydroxylation is 1. The molecule has 0 amide bonds. The van der Waals surface area contributed by atoms with Crippen molar-refractivity contribution in [2.75, 3.05) is 33.9 Å². The predicted molar refractivity (Wildman–Crippen MR) is 116 cm³/mol. The first kappa shape index (κ1) is 23.7. The van der Waals surface area contributed by atoms with Gasteiger partial charge in [-0.3, -0.25) is 4.99 Å². The zero-order valence-corrected chi connectivity index (χ0v) is 18.1. The number of halogens is 1. The van der Waals surface area contributed by atoms with E-state index in [0.29, 0.717) is 19.8 Å². The summed E-state index contributed by atoms with van der Waals surface area (Å²) in [7, 11) is 3.49. The summed E-state index contributed by atoms with van der Waals surface area (Å²) in [5.74, 6) is 1.72. The van der Waals surface area contributed by atoms with Crippen molar-refractivity contribution in [1.82, 2.24) is 10.6 Å². The van der Waals surface area contributed by atoms with Crippen LogP contribution >= 0.6 is 24.0 Å². The third-order valence-corrected chi connectivity index (χ3v) is 3.48. The topological polar surface area (TPSA) is 54.9 Å². The lowest BCUT2D eigenvalue weighted by Crippen LogP contribution is -2.37. The Kier molecular flexibility index (Phi) is 14.2. The van der Waals surface area contributed by atoms with Gasteiger partial charge in [-0.1, -0.05) is 24.3 Å². The molecule has 0 saturated carbocycles. The minimum Gasteiger partial charge on any atom is -0.493 e. The number of benzene rings is 1. The molecule has 25 heavy (non-hydrogen) atoms. The molecule has 0 aromatic heterocycles. The average Bonchev–Trinajstić information content (AvgIpc) is 2.59. The van der Waals surface area contributed by atoms with Crippen LogP contribution < -0.4 is 15.4 Å². The Morgan fingerprint density at radius 2 is 2.04 bits per heavy atom. The number of ether oxygens (including phenoxy) is 2. The molecule has 0 radical (unpaired) electrons. The van der Waals surface area contributed by atoms with E-state index < -0.39 is 0 Å². The second-order valence-corrected chi connectivity index (χ2v) is 5.52. The van der Waals surface area contributed by atoms with Crippen molar-refractivity contribution in [3.8, 4) is 5.75 Å². The van der Waals surface area contributed by atoms with E-state index in [1.807, 2.05) is 6.92 Å². The van der Waals surface area contributed by atoms with Gasteiger partial charge in [-0.25, -0.2) is 0 Å². The first-order valence-corrected chi connectivity index (χ1v) is 8.48. The van der Waals surface area contributed by atoms with Crippen LogP contribution in [0.4, 0.5) is 0 Å². The van der Waals surface area contributed by atoms with E-state index in [0.717, 1.165) is 36.7 Å². The van der Waals surface area contributed by atoms with Crippen LogP contribution in [-0.2, 0) is 11.3 Å². The average molecular weight is 461 g/mol. The Labute approximate surface area is 169 Å². The highest BCUT2D eigenvalue weighted by Gasteiger charge is 2.06. The van der Waals surface area contributed by atoms with Gasteiger partial charge in [0.1, 0.15) is 5.75 Å². The second-order valence-electron chi connectivity index (χ2n) is 5.52. The molecule has 1 aromatic carbocycles.